The van der Waals surface area contributed by atoms with Gasteiger partial charge in [0.25, 0.3) is 0 Å². The molecule has 0 aliphatic rings. The Hall–Kier alpha value is -1.45. The molecule has 0 saturated carbocycles. The average Bonchev–Trinajstić information content (AvgIpc) is 2.37. The van der Waals surface area contributed by atoms with Crippen molar-refractivity contribution < 1.29 is 0 Å². The molecule has 100 valence electrons. The first-order valence-corrected chi connectivity index (χ1v) is 6.61. The molecule has 1 atom stereocenters. The monoisotopic (exact) mass is 275 g/mol. The third kappa shape index (κ3) is 3.31. The number of nitrogens with two attached hydrogens (primary N) is 1. The van der Waals surface area contributed by atoms with Gasteiger partial charge in [0, 0.05) is 5.56 Å². The van der Waals surface area contributed by atoms with E-state index in [1.165, 1.54) is 0 Å². The van der Waals surface area contributed by atoms with Crippen LogP contribution in [0.3, 0.4) is 0 Å². The van der Waals surface area contributed by atoms with Crippen molar-refractivity contribution in [2.24, 2.45) is 11.1 Å². The molecule has 2 rings (SSSR count). The van der Waals surface area contributed by atoms with Crippen molar-refractivity contribution in [3.63, 3.8) is 0 Å². The van der Waals surface area contributed by atoms with Crippen molar-refractivity contribution in [2.75, 3.05) is 0 Å². The molecule has 1 unspecified atom stereocenters. The van der Waals surface area contributed by atoms with E-state index in [1.54, 1.807) is 0 Å². The van der Waals surface area contributed by atoms with E-state index < -0.39 is 0 Å². The van der Waals surface area contributed by atoms with Gasteiger partial charge in [-0.05, 0) is 23.1 Å². The lowest BCUT2D eigenvalue weighted by Gasteiger charge is -2.26. The van der Waals surface area contributed by atoms with Crippen LogP contribution in [-0.4, -0.2) is 9.97 Å². The van der Waals surface area contributed by atoms with Crippen molar-refractivity contribution in [3.05, 3.63) is 47.4 Å². The van der Waals surface area contributed by atoms with Crippen molar-refractivity contribution in [1.29, 1.82) is 0 Å². The van der Waals surface area contributed by atoms with E-state index >= 15 is 0 Å². The van der Waals surface area contributed by atoms with Crippen LogP contribution in [0.15, 0.2) is 36.4 Å². The predicted molar refractivity (Wildman–Crippen MR) is 78.9 cm³/mol. The molecular weight excluding hydrogens is 258 g/mol. The highest BCUT2D eigenvalue weighted by molar-refractivity contribution is 6.28. The van der Waals surface area contributed by atoms with Gasteiger partial charge in [-0.15, -0.1) is 0 Å². The molecule has 0 aliphatic heterocycles. The first-order chi connectivity index (χ1) is 8.88. The van der Waals surface area contributed by atoms with Crippen molar-refractivity contribution in [2.45, 2.75) is 26.8 Å². The molecule has 1 aromatic carbocycles. The van der Waals surface area contributed by atoms with Crippen LogP contribution in [0.5, 0.6) is 0 Å². The summed E-state index contributed by atoms with van der Waals surface area (Å²) in [6, 6.07) is 11.6. The summed E-state index contributed by atoms with van der Waals surface area (Å²) >= 11 is 6.02. The summed E-state index contributed by atoms with van der Waals surface area (Å²) in [5.41, 5.74) is 8.74. The van der Waals surface area contributed by atoms with Gasteiger partial charge in [-0.1, -0.05) is 51.1 Å². The number of nitrogens with zero attached hydrogens (tertiary/aromatic N) is 2. The van der Waals surface area contributed by atoms with E-state index in [4.69, 9.17) is 17.3 Å². The lowest BCUT2D eigenvalue weighted by Crippen LogP contribution is -2.27. The van der Waals surface area contributed by atoms with Gasteiger partial charge in [-0.2, -0.15) is 0 Å². The van der Waals surface area contributed by atoms with Gasteiger partial charge >= 0.3 is 0 Å². The summed E-state index contributed by atoms with van der Waals surface area (Å²) in [5.74, 6) is 0. The average molecular weight is 276 g/mol. The largest absolute Gasteiger partial charge is 0.322 e. The van der Waals surface area contributed by atoms with Crippen LogP contribution < -0.4 is 5.73 Å². The van der Waals surface area contributed by atoms with E-state index in [0.29, 0.717) is 0 Å². The van der Waals surface area contributed by atoms with Gasteiger partial charge in [0.2, 0.25) is 5.28 Å². The number of halogens is 1. The molecule has 0 bridgehead atoms. The zero-order chi connectivity index (χ0) is 14.0. The molecule has 0 fully saturated rings. The smallest absolute Gasteiger partial charge is 0.223 e. The van der Waals surface area contributed by atoms with E-state index in [0.717, 1.165) is 17.0 Å². The molecule has 0 amide bonds. The van der Waals surface area contributed by atoms with Crippen LogP contribution in [0.2, 0.25) is 5.28 Å². The third-order valence-corrected chi connectivity index (χ3v) is 3.21. The maximum Gasteiger partial charge on any atom is 0.223 e. The number of hydrogen-bond acceptors (Lipinski definition) is 3. The van der Waals surface area contributed by atoms with Gasteiger partial charge in [-0.25, -0.2) is 9.97 Å². The van der Waals surface area contributed by atoms with Crippen molar-refractivity contribution >= 4 is 11.6 Å². The van der Waals surface area contributed by atoms with Gasteiger partial charge in [0.15, 0.2) is 0 Å². The highest BCUT2D eigenvalue weighted by Crippen LogP contribution is 2.31. The van der Waals surface area contributed by atoms with Gasteiger partial charge < -0.3 is 5.73 Å². The standard InChI is InChI=1S/C15H18ClN3/c1-15(2,3)13(17)12-9-11(18-14(16)19-12)10-7-5-4-6-8-10/h4-9,13H,17H2,1-3H3. The second-order valence-corrected chi connectivity index (χ2v) is 5.99. The quantitative estimate of drug-likeness (QED) is 0.847. The minimum Gasteiger partial charge on any atom is -0.322 e. The molecule has 0 aliphatic carbocycles. The Morgan fingerprint density at radius 1 is 1.11 bits per heavy atom. The normalized spacial score (nSPS) is 13.3. The van der Waals surface area contributed by atoms with Crippen LogP contribution >= 0.6 is 11.6 Å². The van der Waals surface area contributed by atoms with Crippen molar-refractivity contribution in [3.8, 4) is 11.3 Å². The number of aromatic nitrogens is 2. The SMILES string of the molecule is CC(C)(C)C(N)c1cc(-c2ccccc2)nc(Cl)n1. The maximum absolute atomic E-state index is 6.24. The number of hydrogen-bond donors (Lipinski definition) is 1. The van der Waals surface area contributed by atoms with Gasteiger partial charge in [0.1, 0.15) is 0 Å². The Bertz CT molecular complexity index is 561. The fourth-order valence-electron chi connectivity index (χ4n) is 1.80. The summed E-state index contributed by atoms with van der Waals surface area (Å²) < 4.78 is 0. The lowest BCUT2D eigenvalue weighted by atomic mass is 9.85. The molecule has 0 saturated heterocycles. The zero-order valence-electron chi connectivity index (χ0n) is 11.4. The minimum absolute atomic E-state index is 0.0777. The zero-order valence-corrected chi connectivity index (χ0v) is 12.1. The summed E-state index contributed by atoms with van der Waals surface area (Å²) in [5, 5.41) is 0.232. The molecule has 19 heavy (non-hydrogen) atoms. The number of rotatable bonds is 2. The molecular formula is C15H18ClN3. The molecule has 2 N–H and O–H groups in total. The van der Waals surface area contributed by atoms with Gasteiger partial charge in [-0.3, -0.25) is 0 Å². The molecule has 4 heteroatoms. The third-order valence-electron chi connectivity index (χ3n) is 3.04. The van der Waals surface area contributed by atoms with E-state index in [2.05, 4.69) is 30.7 Å². The summed E-state index contributed by atoms with van der Waals surface area (Å²) in [4.78, 5) is 8.52. The van der Waals surface area contributed by atoms with Crippen LogP contribution in [0.25, 0.3) is 11.3 Å². The second kappa shape index (κ2) is 5.27. The second-order valence-electron chi connectivity index (χ2n) is 5.66. The molecule has 3 nitrogen and oxygen atoms in total. The molecule has 2 aromatic rings. The van der Waals surface area contributed by atoms with E-state index in [9.17, 15) is 0 Å². The van der Waals surface area contributed by atoms with Crippen LogP contribution in [-0.2, 0) is 0 Å². The molecule has 1 aromatic heterocycles. The van der Waals surface area contributed by atoms with Crippen LogP contribution in [0.4, 0.5) is 0 Å². The Labute approximate surface area is 118 Å². The first-order valence-electron chi connectivity index (χ1n) is 6.23. The van der Waals surface area contributed by atoms with E-state index in [1.807, 2.05) is 36.4 Å². The predicted octanol–water partition coefficient (Wildman–Crippen LogP) is 3.84. The number of benzene rings is 1. The van der Waals surface area contributed by atoms with Crippen LogP contribution in [0, 0.1) is 5.41 Å². The Kier molecular flexibility index (Phi) is 3.88. The maximum atomic E-state index is 6.24. The Morgan fingerprint density at radius 3 is 2.32 bits per heavy atom. The summed E-state index contributed by atoms with van der Waals surface area (Å²) in [6.45, 7) is 6.24. The van der Waals surface area contributed by atoms with Gasteiger partial charge in [0.05, 0.1) is 17.4 Å². The Balaban J connectivity index is 2.47. The topological polar surface area (TPSA) is 51.8 Å². The van der Waals surface area contributed by atoms with Crippen molar-refractivity contribution in [1.82, 2.24) is 9.97 Å². The molecule has 0 spiro atoms. The summed E-state index contributed by atoms with van der Waals surface area (Å²) in [6.07, 6.45) is 0. The highest BCUT2D eigenvalue weighted by Gasteiger charge is 2.24. The minimum atomic E-state index is -0.185. The first kappa shape index (κ1) is 14.0. The Morgan fingerprint density at radius 2 is 1.74 bits per heavy atom. The fraction of sp³-hybridized carbons (Fsp3) is 0.333. The summed E-state index contributed by atoms with van der Waals surface area (Å²) in [7, 11) is 0. The van der Waals surface area contributed by atoms with Crippen LogP contribution in [0.1, 0.15) is 32.5 Å². The molecule has 0 radical (unpaired) electrons. The fourth-order valence-corrected chi connectivity index (χ4v) is 1.98. The van der Waals surface area contributed by atoms with E-state index in [-0.39, 0.29) is 16.7 Å². The molecule has 1 heterocycles. The lowest BCUT2D eigenvalue weighted by molar-refractivity contribution is 0.321. The highest BCUT2D eigenvalue weighted by atomic mass is 35.5.